The lowest BCUT2D eigenvalue weighted by molar-refractivity contribution is 0.570. The van der Waals surface area contributed by atoms with Crippen molar-refractivity contribution in [1.29, 1.82) is 0 Å². The molecule has 2 aromatic carbocycles. The number of hydrogen-bond acceptors (Lipinski definition) is 3. The van der Waals surface area contributed by atoms with Crippen LogP contribution in [-0.4, -0.2) is 40.8 Å². The minimum absolute atomic E-state index is 0. The smallest absolute Gasteiger partial charge is 0.190 e. The largest absolute Gasteiger partial charge is 0.356 e. The molecule has 2 rings (SSSR count). The van der Waals surface area contributed by atoms with Crippen molar-refractivity contribution in [2.75, 3.05) is 26.4 Å². The standard InChI is InChI=1S/C19H23F2N3O2S.HI/c1-22-19(24-12-10-15-5-6-16(20)13-18(15)21)23-11-9-14-3-7-17(8-4-14)27(2,25)26;/h3-8,13H,9-12H2,1-2H3,(H2,22,23,24);1H. The monoisotopic (exact) mass is 523 g/mol. The van der Waals surface area contributed by atoms with Crippen LogP contribution in [0.25, 0.3) is 0 Å². The van der Waals surface area contributed by atoms with Crippen molar-refractivity contribution < 1.29 is 17.2 Å². The number of hydrogen-bond donors (Lipinski definition) is 2. The van der Waals surface area contributed by atoms with E-state index in [4.69, 9.17) is 0 Å². The van der Waals surface area contributed by atoms with Crippen LogP contribution in [0.4, 0.5) is 8.78 Å². The van der Waals surface area contributed by atoms with Gasteiger partial charge in [0.05, 0.1) is 4.90 Å². The van der Waals surface area contributed by atoms with Crippen LogP contribution in [0.5, 0.6) is 0 Å². The molecule has 0 radical (unpaired) electrons. The van der Waals surface area contributed by atoms with Crippen molar-refractivity contribution in [2.24, 2.45) is 4.99 Å². The first-order chi connectivity index (χ1) is 12.8. The van der Waals surface area contributed by atoms with Crippen molar-refractivity contribution >= 4 is 39.8 Å². The Hall–Kier alpha value is -1.75. The fourth-order valence-electron chi connectivity index (χ4n) is 2.49. The van der Waals surface area contributed by atoms with Gasteiger partial charge in [0, 0.05) is 32.5 Å². The van der Waals surface area contributed by atoms with E-state index in [1.165, 1.54) is 18.4 Å². The molecule has 0 spiro atoms. The van der Waals surface area contributed by atoms with Gasteiger partial charge in [0.25, 0.3) is 0 Å². The third kappa shape index (κ3) is 7.70. The van der Waals surface area contributed by atoms with Gasteiger partial charge in [-0.3, -0.25) is 4.99 Å². The summed E-state index contributed by atoms with van der Waals surface area (Å²) < 4.78 is 49.4. The van der Waals surface area contributed by atoms with E-state index in [0.29, 0.717) is 42.3 Å². The van der Waals surface area contributed by atoms with Crippen LogP contribution in [0, 0.1) is 11.6 Å². The van der Waals surface area contributed by atoms with Crippen molar-refractivity contribution in [3.8, 4) is 0 Å². The molecule has 0 aliphatic heterocycles. The molecule has 2 aromatic rings. The molecule has 154 valence electrons. The summed E-state index contributed by atoms with van der Waals surface area (Å²) in [7, 11) is -1.55. The van der Waals surface area contributed by atoms with Gasteiger partial charge in [-0.1, -0.05) is 18.2 Å². The molecule has 2 N–H and O–H groups in total. The highest BCUT2D eigenvalue weighted by atomic mass is 127. The maximum absolute atomic E-state index is 13.6. The summed E-state index contributed by atoms with van der Waals surface area (Å²) in [5, 5.41) is 6.21. The van der Waals surface area contributed by atoms with Gasteiger partial charge in [0.15, 0.2) is 15.8 Å². The molecule has 0 heterocycles. The Kier molecular flexibility index (Phi) is 9.80. The number of sulfone groups is 1. The van der Waals surface area contributed by atoms with Gasteiger partial charge in [0.1, 0.15) is 11.6 Å². The number of guanidine groups is 1. The zero-order valence-corrected chi connectivity index (χ0v) is 18.9. The second-order valence-corrected chi connectivity index (χ2v) is 8.09. The molecule has 0 aliphatic carbocycles. The zero-order valence-electron chi connectivity index (χ0n) is 15.7. The number of aliphatic imine (C=N–C) groups is 1. The minimum Gasteiger partial charge on any atom is -0.356 e. The topological polar surface area (TPSA) is 70.6 Å². The quantitative estimate of drug-likeness (QED) is 0.333. The van der Waals surface area contributed by atoms with Gasteiger partial charge in [-0.25, -0.2) is 17.2 Å². The normalized spacial score (nSPS) is 11.6. The third-order valence-electron chi connectivity index (χ3n) is 3.98. The molecule has 0 atom stereocenters. The summed E-state index contributed by atoms with van der Waals surface area (Å²) in [5.41, 5.74) is 1.43. The van der Waals surface area contributed by atoms with Gasteiger partial charge in [-0.2, -0.15) is 0 Å². The van der Waals surface area contributed by atoms with Crippen LogP contribution in [0.1, 0.15) is 11.1 Å². The Morgan fingerprint density at radius 3 is 2.14 bits per heavy atom. The molecule has 9 heteroatoms. The highest BCUT2D eigenvalue weighted by Gasteiger charge is 2.07. The molecule has 0 saturated carbocycles. The number of nitrogens with one attached hydrogen (secondary N) is 2. The van der Waals surface area contributed by atoms with E-state index in [9.17, 15) is 17.2 Å². The highest BCUT2D eigenvalue weighted by molar-refractivity contribution is 14.0. The predicted molar refractivity (Wildman–Crippen MR) is 118 cm³/mol. The van der Waals surface area contributed by atoms with Gasteiger partial charge < -0.3 is 10.6 Å². The first-order valence-corrected chi connectivity index (χ1v) is 10.4. The SMILES string of the molecule is CN=C(NCCc1ccc(S(C)(=O)=O)cc1)NCCc1ccc(F)cc1F.I. The first kappa shape index (κ1) is 24.3. The molecular formula is C19H24F2IN3O2S. The van der Waals surface area contributed by atoms with Crippen molar-refractivity contribution in [2.45, 2.75) is 17.7 Å². The number of halogens is 3. The Morgan fingerprint density at radius 1 is 1.00 bits per heavy atom. The molecule has 28 heavy (non-hydrogen) atoms. The lowest BCUT2D eigenvalue weighted by Gasteiger charge is -2.12. The Morgan fingerprint density at radius 2 is 1.61 bits per heavy atom. The number of rotatable bonds is 7. The van der Waals surface area contributed by atoms with Gasteiger partial charge in [-0.05, 0) is 42.2 Å². The summed E-state index contributed by atoms with van der Waals surface area (Å²) in [6.45, 7) is 1.05. The lowest BCUT2D eigenvalue weighted by atomic mass is 10.1. The van der Waals surface area contributed by atoms with E-state index < -0.39 is 21.5 Å². The molecule has 0 bridgehead atoms. The third-order valence-corrected chi connectivity index (χ3v) is 5.11. The van der Waals surface area contributed by atoms with Gasteiger partial charge in [-0.15, -0.1) is 24.0 Å². The van der Waals surface area contributed by atoms with Crippen LogP contribution >= 0.6 is 24.0 Å². The van der Waals surface area contributed by atoms with Crippen LogP contribution in [0.15, 0.2) is 52.4 Å². The van der Waals surface area contributed by atoms with Gasteiger partial charge >= 0.3 is 0 Å². The Bertz CT molecular complexity index is 904. The fraction of sp³-hybridized carbons (Fsp3) is 0.316. The second-order valence-electron chi connectivity index (χ2n) is 6.08. The van der Waals surface area contributed by atoms with E-state index in [0.717, 1.165) is 11.6 Å². The molecule has 0 aromatic heterocycles. The summed E-state index contributed by atoms with van der Waals surface area (Å²) in [5.74, 6) is -0.575. The maximum Gasteiger partial charge on any atom is 0.190 e. The van der Waals surface area contributed by atoms with E-state index in [2.05, 4.69) is 15.6 Å². The second kappa shape index (κ2) is 11.3. The molecular weight excluding hydrogens is 499 g/mol. The van der Waals surface area contributed by atoms with E-state index >= 15 is 0 Å². The average molecular weight is 523 g/mol. The molecule has 5 nitrogen and oxygen atoms in total. The van der Waals surface area contributed by atoms with Gasteiger partial charge in [0.2, 0.25) is 0 Å². The van der Waals surface area contributed by atoms with Crippen molar-refractivity contribution in [3.63, 3.8) is 0 Å². The van der Waals surface area contributed by atoms with Crippen LogP contribution in [0.3, 0.4) is 0 Å². The molecule has 0 fully saturated rings. The Balaban J connectivity index is 0.00000392. The first-order valence-electron chi connectivity index (χ1n) is 8.47. The Labute approximate surface area is 181 Å². The van der Waals surface area contributed by atoms with E-state index in [1.807, 2.05) is 0 Å². The summed E-state index contributed by atoms with van der Waals surface area (Å²) in [6.07, 6.45) is 2.27. The maximum atomic E-state index is 13.6. The average Bonchev–Trinajstić information content (AvgIpc) is 2.61. The molecule has 0 aliphatic rings. The summed E-state index contributed by atoms with van der Waals surface area (Å²) in [4.78, 5) is 4.39. The summed E-state index contributed by atoms with van der Waals surface area (Å²) >= 11 is 0. The molecule has 0 amide bonds. The number of benzene rings is 2. The highest BCUT2D eigenvalue weighted by Crippen LogP contribution is 2.11. The zero-order chi connectivity index (χ0) is 19.9. The predicted octanol–water partition coefficient (Wildman–Crippen LogP) is 2.94. The van der Waals surface area contributed by atoms with E-state index in [-0.39, 0.29) is 24.0 Å². The lowest BCUT2D eigenvalue weighted by Crippen LogP contribution is -2.39. The number of nitrogens with zero attached hydrogens (tertiary/aromatic N) is 1. The molecule has 0 unspecified atom stereocenters. The minimum atomic E-state index is -3.19. The van der Waals surface area contributed by atoms with Crippen LogP contribution < -0.4 is 10.6 Å². The molecule has 0 saturated heterocycles. The fourth-order valence-corrected chi connectivity index (χ4v) is 3.12. The van der Waals surface area contributed by atoms with Crippen LogP contribution in [-0.2, 0) is 22.7 Å². The van der Waals surface area contributed by atoms with E-state index in [1.54, 1.807) is 31.3 Å². The van der Waals surface area contributed by atoms with Crippen molar-refractivity contribution in [3.05, 3.63) is 65.2 Å². The summed E-state index contributed by atoms with van der Waals surface area (Å²) in [6, 6.07) is 10.3. The van der Waals surface area contributed by atoms with Crippen molar-refractivity contribution in [1.82, 2.24) is 10.6 Å². The van der Waals surface area contributed by atoms with Crippen LogP contribution in [0.2, 0.25) is 0 Å².